The Morgan fingerprint density at radius 1 is 1.06 bits per heavy atom. The number of aromatic amines is 1. The number of amides is 1. The second-order valence-electron chi connectivity index (χ2n) is 7.76. The summed E-state index contributed by atoms with van der Waals surface area (Å²) in [5.41, 5.74) is 4.08. The van der Waals surface area contributed by atoms with Gasteiger partial charge in [0, 0.05) is 61.5 Å². The number of rotatable bonds is 4. The van der Waals surface area contributed by atoms with E-state index in [1.807, 2.05) is 12.1 Å². The summed E-state index contributed by atoms with van der Waals surface area (Å²) >= 11 is 0. The standard InChI is InChI=1S/C22H20F2N4O.C2HF3O/c1-28(2)15-10-18(23)16(19(24)11-15)4-3-14-9-13(5-7-25-14)21-12-17-20(27-21)6-8-26-22(17)29;3-2(4,5)1-6/h3-5,7,9-12,27H,6,8H2,1-2H3,(H,26,29);1H/b4-3+;. The molecule has 0 saturated carbocycles. The van der Waals surface area contributed by atoms with Crippen LogP contribution in [-0.2, 0) is 11.2 Å². The first-order valence-electron chi connectivity index (χ1n) is 10.3. The van der Waals surface area contributed by atoms with Gasteiger partial charge in [-0.3, -0.25) is 14.6 Å². The van der Waals surface area contributed by atoms with Crippen molar-refractivity contribution in [3.63, 3.8) is 0 Å². The fourth-order valence-electron chi connectivity index (χ4n) is 3.31. The lowest BCUT2D eigenvalue weighted by Gasteiger charge is -2.13. The highest BCUT2D eigenvalue weighted by Crippen LogP contribution is 2.26. The van der Waals surface area contributed by atoms with E-state index in [1.54, 1.807) is 37.3 Å². The number of fused-ring (bicyclic) bond motifs is 1. The number of alkyl halides is 3. The van der Waals surface area contributed by atoms with Gasteiger partial charge in [0.25, 0.3) is 5.91 Å². The van der Waals surface area contributed by atoms with Gasteiger partial charge in [-0.05, 0) is 42.5 Å². The maximum atomic E-state index is 14.3. The Balaban J connectivity index is 0.000000509. The fourth-order valence-corrected chi connectivity index (χ4v) is 3.31. The quantitative estimate of drug-likeness (QED) is 0.412. The van der Waals surface area contributed by atoms with Crippen LogP contribution < -0.4 is 10.2 Å². The average molecular weight is 492 g/mol. The van der Waals surface area contributed by atoms with Crippen LogP contribution in [0.3, 0.4) is 0 Å². The van der Waals surface area contributed by atoms with Crippen LogP contribution in [0.2, 0.25) is 0 Å². The Hall–Kier alpha value is -4.02. The molecule has 0 saturated heterocycles. The molecule has 1 amide bonds. The average Bonchev–Trinajstić information content (AvgIpc) is 3.24. The Bertz CT molecular complexity index is 1240. The normalized spacial score (nSPS) is 13.1. The molecular formula is C24H21F5N4O2. The Kier molecular flexibility index (Phi) is 7.68. The molecule has 4 rings (SSSR count). The molecule has 6 nitrogen and oxygen atoms in total. The number of anilines is 1. The van der Waals surface area contributed by atoms with E-state index < -0.39 is 24.1 Å². The topological polar surface area (TPSA) is 78.1 Å². The zero-order valence-electron chi connectivity index (χ0n) is 18.7. The third kappa shape index (κ3) is 6.52. The number of nitrogens with zero attached hydrogens (tertiary/aromatic N) is 2. The van der Waals surface area contributed by atoms with Crippen molar-refractivity contribution in [1.82, 2.24) is 15.3 Å². The van der Waals surface area contributed by atoms with Crippen molar-refractivity contribution in [2.75, 3.05) is 25.5 Å². The highest BCUT2D eigenvalue weighted by atomic mass is 19.4. The lowest BCUT2D eigenvalue weighted by Crippen LogP contribution is -2.31. The summed E-state index contributed by atoms with van der Waals surface area (Å²) in [4.78, 5) is 29.8. The third-order valence-electron chi connectivity index (χ3n) is 5.03. The van der Waals surface area contributed by atoms with Gasteiger partial charge in [-0.2, -0.15) is 13.2 Å². The number of halogens is 5. The number of hydrogen-bond donors (Lipinski definition) is 2. The molecule has 184 valence electrons. The molecule has 0 atom stereocenters. The summed E-state index contributed by atoms with van der Waals surface area (Å²) in [5.74, 6) is -1.36. The number of nitrogens with one attached hydrogen (secondary N) is 2. The summed E-state index contributed by atoms with van der Waals surface area (Å²) in [6.07, 6.45) is -0.385. The van der Waals surface area contributed by atoms with E-state index in [0.29, 0.717) is 23.5 Å². The number of carbonyl (C=O) groups is 2. The molecule has 1 aliphatic rings. The van der Waals surface area contributed by atoms with Crippen molar-refractivity contribution in [2.45, 2.75) is 12.6 Å². The number of carbonyl (C=O) groups excluding carboxylic acids is 2. The summed E-state index contributed by atoms with van der Waals surface area (Å²) in [7, 11) is 3.45. The summed E-state index contributed by atoms with van der Waals surface area (Å²) in [6.45, 7) is 0.611. The first kappa shape index (κ1) is 25.6. The number of aldehydes is 1. The Labute approximate surface area is 197 Å². The summed E-state index contributed by atoms with van der Waals surface area (Å²) in [5, 5.41) is 2.82. The maximum Gasteiger partial charge on any atom is 0.446 e. The van der Waals surface area contributed by atoms with Gasteiger partial charge in [-0.25, -0.2) is 8.78 Å². The van der Waals surface area contributed by atoms with Crippen LogP contribution in [-0.4, -0.2) is 49.0 Å². The predicted molar refractivity (Wildman–Crippen MR) is 122 cm³/mol. The van der Waals surface area contributed by atoms with Crippen LogP contribution in [0.5, 0.6) is 0 Å². The van der Waals surface area contributed by atoms with Crippen LogP contribution >= 0.6 is 0 Å². The highest BCUT2D eigenvalue weighted by Gasteiger charge is 2.25. The molecule has 2 aromatic heterocycles. The largest absolute Gasteiger partial charge is 0.446 e. The van der Waals surface area contributed by atoms with Gasteiger partial charge in [0.15, 0.2) is 0 Å². The molecule has 0 bridgehead atoms. The van der Waals surface area contributed by atoms with E-state index in [9.17, 15) is 26.7 Å². The van der Waals surface area contributed by atoms with Crippen LogP contribution in [0, 0.1) is 11.6 Å². The van der Waals surface area contributed by atoms with Gasteiger partial charge >= 0.3 is 6.18 Å². The van der Waals surface area contributed by atoms with Crippen molar-refractivity contribution in [2.24, 2.45) is 0 Å². The second kappa shape index (κ2) is 10.5. The van der Waals surface area contributed by atoms with Crippen molar-refractivity contribution in [1.29, 1.82) is 0 Å². The molecule has 0 fully saturated rings. The van der Waals surface area contributed by atoms with E-state index in [-0.39, 0.29) is 11.5 Å². The molecule has 2 N–H and O–H groups in total. The molecular weight excluding hydrogens is 471 g/mol. The third-order valence-corrected chi connectivity index (χ3v) is 5.03. The van der Waals surface area contributed by atoms with Crippen molar-refractivity contribution in [3.05, 3.63) is 70.7 Å². The van der Waals surface area contributed by atoms with E-state index in [2.05, 4.69) is 15.3 Å². The Morgan fingerprint density at radius 2 is 1.71 bits per heavy atom. The van der Waals surface area contributed by atoms with Gasteiger partial charge in [0.2, 0.25) is 6.29 Å². The molecule has 1 aliphatic heterocycles. The molecule has 11 heteroatoms. The van der Waals surface area contributed by atoms with Gasteiger partial charge in [0.05, 0.1) is 11.3 Å². The SMILES string of the molecule is CN(C)c1cc(F)c(/C=C/c2cc(-c3cc4c([nH]3)CCNC4=O)ccn2)c(F)c1.O=CC(F)(F)F. The molecule has 3 aromatic rings. The molecule has 0 spiro atoms. The number of hydrogen-bond acceptors (Lipinski definition) is 4. The molecule has 0 unspecified atom stereocenters. The second-order valence-corrected chi connectivity index (χ2v) is 7.76. The van der Waals surface area contributed by atoms with Gasteiger partial charge in [0.1, 0.15) is 11.6 Å². The fraction of sp³-hybridized carbons (Fsp3) is 0.208. The minimum Gasteiger partial charge on any atom is -0.377 e. The summed E-state index contributed by atoms with van der Waals surface area (Å²) in [6, 6.07) is 8.02. The number of benzene rings is 1. The molecule has 35 heavy (non-hydrogen) atoms. The zero-order chi connectivity index (χ0) is 25.8. The van der Waals surface area contributed by atoms with E-state index >= 15 is 0 Å². The van der Waals surface area contributed by atoms with E-state index in [0.717, 1.165) is 23.4 Å². The van der Waals surface area contributed by atoms with Crippen molar-refractivity contribution >= 4 is 30.0 Å². The number of pyridine rings is 1. The van der Waals surface area contributed by atoms with Gasteiger partial charge in [-0.1, -0.05) is 0 Å². The zero-order valence-corrected chi connectivity index (χ0v) is 18.7. The first-order valence-corrected chi connectivity index (χ1v) is 10.3. The van der Waals surface area contributed by atoms with Gasteiger partial charge in [-0.15, -0.1) is 0 Å². The van der Waals surface area contributed by atoms with Gasteiger partial charge < -0.3 is 15.2 Å². The molecule has 1 aromatic carbocycles. The minimum absolute atomic E-state index is 0.0879. The Morgan fingerprint density at radius 3 is 2.29 bits per heavy atom. The lowest BCUT2D eigenvalue weighted by atomic mass is 10.1. The monoisotopic (exact) mass is 492 g/mol. The van der Waals surface area contributed by atoms with Crippen molar-refractivity contribution < 1.29 is 31.5 Å². The smallest absolute Gasteiger partial charge is 0.377 e. The van der Waals surface area contributed by atoms with E-state index in [1.165, 1.54) is 18.2 Å². The first-order chi connectivity index (χ1) is 16.5. The molecule has 0 radical (unpaired) electrons. The highest BCUT2D eigenvalue weighted by molar-refractivity contribution is 5.97. The molecule has 3 heterocycles. The van der Waals surface area contributed by atoms with Crippen LogP contribution in [0.1, 0.15) is 27.3 Å². The van der Waals surface area contributed by atoms with Crippen molar-refractivity contribution in [3.8, 4) is 11.3 Å². The minimum atomic E-state index is -4.64. The van der Waals surface area contributed by atoms with Crippen LogP contribution in [0.25, 0.3) is 23.4 Å². The predicted octanol–water partition coefficient (Wildman–Crippen LogP) is 4.62. The van der Waals surface area contributed by atoms with E-state index in [4.69, 9.17) is 4.79 Å². The lowest BCUT2D eigenvalue weighted by molar-refractivity contribution is -0.156. The number of aromatic nitrogens is 2. The van der Waals surface area contributed by atoms with Crippen LogP contribution in [0.15, 0.2) is 36.5 Å². The maximum absolute atomic E-state index is 14.3. The molecule has 0 aliphatic carbocycles. The van der Waals surface area contributed by atoms with Crippen LogP contribution in [0.4, 0.5) is 27.6 Å². The summed E-state index contributed by atoms with van der Waals surface area (Å²) < 4.78 is 59.9. The number of H-pyrrole nitrogens is 1.